The lowest BCUT2D eigenvalue weighted by molar-refractivity contribution is -0.156. The van der Waals surface area contributed by atoms with Gasteiger partial charge in [0.15, 0.2) is 11.5 Å². The number of imide groups is 1. The highest BCUT2D eigenvalue weighted by Crippen LogP contribution is 2.49. The predicted molar refractivity (Wildman–Crippen MR) is 93.0 cm³/mol. The molecule has 2 aliphatic carbocycles. The molecular weight excluding hydrogens is 366 g/mol. The summed E-state index contributed by atoms with van der Waals surface area (Å²) in [4.78, 5) is 39.7. The van der Waals surface area contributed by atoms with Crippen LogP contribution in [0.5, 0.6) is 11.5 Å². The van der Waals surface area contributed by atoms with E-state index in [0.717, 1.165) is 5.56 Å². The van der Waals surface area contributed by atoms with Gasteiger partial charge in [-0.25, -0.2) is 0 Å². The third-order valence-electron chi connectivity index (χ3n) is 6.63. The van der Waals surface area contributed by atoms with Gasteiger partial charge in [-0.2, -0.15) is 0 Å². The summed E-state index contributed by atoms with van der Waals surface area (Å²) in [6.07, 6.45) is -1.53. The molecule has 0 radical (unpaired) electrons. The van der Waals surface area contributed by atoms with E-state index in [1.807, 2.05) is 0 Å². The normalized spacial score (nSPS) is 36.5. The molecule has 4 aliphatic rings. The Hall–Kier alpha value is -2.45. The van der Waals surface area contributed by atoms with Crippen molar-refractivity contribution < 1.29 is 34.1 Å². The van der Waals surface area contributed by atoms with Crippen LogP contribution in [0.4, 0.5) is 0 Å². The lowest BCUT2D eigenvalue weighted by Gasteiger charge is -2.44. The first-order valence-electron chi connectivity index (χ1n) is 9.58. The number of aliphatic hydroxyl groups is 2. The molecule has 0 aromatic heterocycles. The van der Waals surface area contributed by atoms with Crippen LogP contribution in [0, 0.1) is 23.7 Å². The van der Waals surface area contributed by atoms with Gasteiger partial charge in [0.1, 0.15) is 5.78 Å². The number of rotatable bonds is 2. The molecule has 2 N–H and O–H groups in total. The summed E-state index contributed by atoms with van der Waals surface area (Å²) >= 11 is 0. The first kappa shape index (κ1) is 17.6. The number of fused-ring (bicyclic) bond motifs is 4. The molecule has 1 aromatic carbocycles. The summed E-state index contributed by atoms with van der Waals surface area (Å²) in [6.45, 7) is 0.243. The monoisotopic (exact) mass is 387 g/mol. The van der Waals surface area contributed by atoms with Crippen LogP contribution in [-0.4, -0.2) is 51.7 Å². The average Bonchev–Trinajstić information content (AvgIpc) is 3.24. The minimum Gasteiger partial charge on any atom is -0.454 e. The number of carbonyl (C=O) groups excluding carboxylic acids is 3. The number of ketones is 1. The first-order chi connectivity index (χ1) is 13.5. The molecule has 2 amide bonds. The van der Waals surface area contributed by atoms with Gasteiger partial charge in [-0.15, -0.1) is 0 Å². The first-order valence-corrected chi connectivity index (χ1v) is 9.58. The fourth-order valence-corrected chi connectivity index (χ4v) is 5.29. The number of carbonyl (C=O) groups is 3. The van der Waals surface area contributed by atoms with Gasteiger partial charge in [-0.3, -0.25) is 19.3 Å². The zero-order valence-corrected chi connectivity index (χ0v) is 15.1. The van der Waals surface area contributed by atoms with E-state index in [4.69, 9.17) is 9.47 Å². The number of Topliss-reactive ketones (excluding diaryl/α,β-unsaturated/α-hetero) is 1. The number of likely N-dealkylation sites (tertiary alicyclic amines) is 1. The van der Waals surface area contributed by atoms with Crippen LogP contribution >= 0.6 is 0 Å². The molecule has 1 aromatic rings. The molecule has 2 saturated carbocycles. The number of hydrogen-bond acceptors (Lipinski definition) is 7. The molecule has 0 unspecified atom stereocenters. The maximum absolute atomic E-state index is 13.1. The molecule has 1 saturated heterocycles. The third-order valence-corrected chi connectivity index (χ3v) is 6.63. The van der Waals surface area contributed by atoms with E-state index in [0.29, 0.717) is 24.3 Å². The fraction of sp³-hybridized carbons (Fsp3) is 0.550. The van der Waals surface area contributed by atoms with E-state index in [9.17, 15) is 24.6 Å². The van der Waals surface area contributed by atoms with Gasteiger partial charge in [0, 0.05) is 18.3 Å². The second-order valence-electron chi connectivity index (χ2n) is 8.07. The van der Waals surface area contributed by atoms with Crippen LogP contribution in [0.2, 0.25) is 0 Å². The minimum atomic E-state index is -1.18. The van der Waals surface area contributed by atoms with Crippen molar-refractivity contribution in [1.82, 2.24) is 4.90 Å². The molecule has 148 valence electrons. The second kappa shape index (κ2) is 6.28. The molecule has 8 heteroatoms. The Morgan fingerprint density at radius 2 is 1.75 bits per heavy atom. The molecule has 8 nitrogen and oxygen atoms in total. The number of benzene rings is 1. The quantitative estimate of drug-likeness (QED) is 0.699. The van der Waals surface area contributed by atoms with Gasteiger partial charge in [0.2, 0.25) is 18.6 Å². The molecular formula is C20H21NO7. The summed E-state index contributed by atoms with van der Waals surface area (Å²) in [5.41, 5.74) is 0.737. The number of amides is 2. The lowest BCUT2D eigenvalue weighted by Crippen LogP contribution is -2.54. The van der Waals surface area contributed by atoms with Crippen molar-refractivity contribution in [1.29, 1.82) is 0 Å². The van der Waals surface area contributed by atoms with Crippen molar-refractivity contribution in [2.75, 3.05) is 6.79 Å². The zero-order chi connectivity index (χ0) is 19.6. The van der Waals surface area contributed by atoms with E-state index in [1.54, 1.807) is 18.2 Å². The average molecular weight is 387 g/mol. The van der Waals surface area contributed by atoms with Gasteiger partial charge in [0.25, 0.3) is 0 Å². The Labute approximate surface area is 161 Å². The Kier molecular flexibility index (Phi) is 3.96. The predicted octanol–water partition coefficient (Wildman–Crippen LogP) is 0.237. The minimum absolute atomic E-state index is 0.0945. The molecule has 28 heavy (non-hydrogen) atoms. The smallest absolute Gasteiger partial charge is 0.233 e. The van der Waals surface area contributed by atoms with Crippen LogP contribution in [0.25, 0.3) is 0 Å². The van der Waals surface area contributed by atoms with E-state index in [2.05, 4.69) is 0 Å². The van der Waals surface area contributed by atoms with Crippen molar-refractivity contribution in [2.45, 2.75) is 38.0 Å². The van der Waals surface area contributed by atoms with Crippen LogP contribution in [0.3, 0.4) is 0 Å². The Balaban J connectivity index is 1.43. The van der Waals surface area contributed by atoms with Crippen molar-refractivity contribution in [3.05, 3.63) is 23.8 Å². The maximum Gasteiger partial charge on any atom is 0.233 e. The van der Waals surface area contributed by atoms with Crippen molar-refractivity contribution in [2.24, 2.45) is 23.7 Å². The molecule has 0 bridgehead atoms. The van der Waals surface area contributed by atoms with Crippen LogP contribution in [0.15, 0.2) is 18.2 Å². The van der Waals surface area contributed by atoms with Gasteiger partial charge in [-0.05, 0) is 30.5 Å². The topological polar surface area (TPSA) is 113 Å². The number of hydrogen-bond donors (Lipinski definition) is 2. The van der Waals surface area contributed by atoms with E-state index in [1.165, 1.54) is 4.90 Å². The van der Waals surface area contributed by atoms with Crippen molar-refractivity contribution in [3.8, 4) is 11.5 Å². The number of ether oxygens (including phenoxy) is 2. The highest BCUT2D eigenvalue weighted by molar-refractivity contribution is 6.06. The van der Waals surface area contributed by atoms with Crippen molar-refractivity contribution >= 4 is 17.6 Å². The highest BCUT2D eigenvalue weighted by Gasteiger charge is 2.60. The SMILES string of the molecule is O=C1C[C@@H](O)[C@@H](O)[C@H]2[C@@H]3C(=O)N(Cc4ccc5c(c4)OCO5)C(=O)[C@@H]3CC[C@H]12. The molecule has 2 aliphatic heterocycles. The van der Waals surface area contributed by atoms with Crippen LogP contribution in [-0.2, 0) is 20.9 Å². The van der Waals surface area contributed by atoms with Crippen LogP contribution < -0.4 is 9.47 Å². The molecule has 3 fully saturated rings. The summed E-state index contributed by atoms with van der Waals surface area (Å²) in [7, 11) is 0. The van der Waals surface area contributed by atoms with Crippen LogP contribution in [0.1, 0.15) is 24.8 Å². The van der Waals surface area contributed by atoms with Gasteiger partial charge < -0.3 is 19.7 Å². The maximum atomic E-state index is 13.1. The zero-order valence-electron chi connectivity index (χ0n) is 15.1. The van der Waals surface area contributed by atoms with Gasteiger partial charge in [0.05, 0.1) is 30.6 Å². The molecule has 0 spiro atoms. The Morgan fingerprint density at radius 3 is 2.57 bits per heavy atom. The van der Waals surface area contributed by atoms with Gasteiger partial charge >= 0.3 is 0 Å². The lowest BCUT2D eigenvalue weighted by atomic mass is 9.60. The largest absolute Gasteiger partial charge is 0.454 e. The Bertz CT molecular complexity index is 868. The fourth-order valence-electron chi connectivity index (χ4n) is 5.29. The van der Waals surface area contributed by atoms with E-state index >= 15 is 0 Å². The highest BCUT2D eigenvalue weighted by atomic mass is 16.7. The summed E-state index contributed by atoms with van der Waals surface area (Å²) < 4.78 is 10.6. The van der Waals surface area contributed by atoms with E-state index < -0.39 is 35.9 Å². The second-order valence-corrected chi connectivity index (χ2v) is 8.07. The Morgan fingerprint density at radius 1 is 1.00 bits per heavy atom. The molecule has 2 heterocycles. The summed E-state index contributed by atoms with van der Waals surface area (Å²) in [5, 5.41) is 20.6. The van der Waals surface area contributed by atoms with Crippen molar-refractivity contribution in [3.63, 3.8) is 0 Å². The van der Waals surface area contributed by atoms with Gasteiger partial charge in [-0.1, -0.05) is 6.07 Å². The summed E-state index contributed by atoms with van der Waals surface area (Å²) in [6, 6.07) is 5.27. The molecule has 6 atom stereocenters. The number of nitrogens with zero attached hydrogens (tertiary/aromatic N) is 1. The number of aliphatic hydroxyl groups excluding tert-OH is 2. The summed E-state index contributed by atoms with van der Waals surface area (Å²) in [5.74, 6) is -2.05. The van der Waals surface area contributed by atoms with E-state index in [-0.39, 0.29) is 37.4 Å². The standard InChI is InChI=1S/C20H21NO7/c22-12-6-13(23)18(24)16-10(12)2-3-11-17(16)20(26)21(19(11)25)7-9-1-4-14-15(5-9)28-8-27-14/h1,4-5,10-11,13,16-18,23-24H,2-3,6-8H2/t10-,11-,13-,16-,17-,18-/m1/s1. The third kappa shape index (κ3) is 2.48. The molecule has 5 rings (SSSR count).